The molecule has 0 saturated heterocycles. The first-order valence-corrected chi connectivity index (χ1v) is 11.2. The summed E-state index contributed by atoms with van der Waals surface area (Å²) in [4.78, 5) is 0. The number of nitrogens with zero attached hydrogens (tertiary/aromatic N) is 2. The summed E-state index contributed by atoms with van der Waals surface area (Å²) < 4.78 is 11.5. The molecule has 0 unspecified atom stereocenters. The van der Waals surface area contributed by atoms with Gasteiger partial charge in [-0.15, -0.1) is 0 Å². The summed E-state index contributed by atoms with van der Waals surface area (Å²) in [6.45, 7) is 0. The predicted molar refractivity (Wildman–Crippen MR) is 127 cm³/mol. The fourth-order valence-electron chi connectivity index (χ4n) is 4.05. The number of hydrazone groups is 1. The van der Waals surface area contributed by atoms with E-state index in [4.69, 9.17) is 61.0 Å². The van der Waals surface area contributed by atoms with Crippen molar-refractivity contribution in [1.82, 2.24) is 5.01 Å². The van der Waals surface area contributed by atoms with Crippen molar-refractivity contribution in [2.75, 3.05) is 7.11 Å². The highest BCUT2D eigenvalue weighted by atomic mass is 35.5. The Morgan fingerprint density at radius 3 is 2.31 bits per heavy atom. The van der Waals surface area contributed by atoms with Gasteiger partial charge in [-0.1, -0.05) is 46.4 Å². The van der Waals surface area contributed by atoms with Crippen LogP contribution in [0.2, 0.25) is 20.1 Å². The van der Waals surface area contributed by atoms with E-state index in [0.29, 0.717) is 32.8 Å². The van der Waals surface area contributed by atoms with Crippen molar-refractivity contribution < 1.29 is 14.6 Å². The number of fused-ring (bicyclic) bond motifs is 3. The van der Waals surface area contributed by atoms with E-state index in [0.717, 1.165) is 22.6 Å². The number of ether oxygens (including phenoxy) is 2. The van der Waals surface area contributed by atoms with Gasteiger partial charge < -0.3 is 14.6 Å². The first kappa shape index (κ1) is 21.5. The molecule has 2 heterocycles. The molecule has 2 aliphatic heterocycles. The third kappa shape index (κ3) is 3.63. The molecule has 0 aliphatic carbocycles. The highest BCUT2D eigenvalue weighted by Gasteiger charge is 2.43. The number of phenolic OH excluding ortho intramolecular Hbond substituents is 1. The fourth-order valence-corrected chi connectivity index (χ4v) is 5.11. The van der Waals surface area contributed by atoms with E-state index < -0.39 is 6.23 Å². The average molecular weight is 510 g/mol. The summed E-state index contributed by atoms with van der Waals surface area (Å²) in [6, 6.07) is 14.0. The second kappa shape index (κ2) is 8.23. The van der Waals surface area contributed by atoms with Crippen LogP contribution in [0, 0.1) is 0 Å². The second-order valence-corrected chi connectivity index (χ2v) is 9.16. The molecule has 2 atom stereocenters. The lowest BCUT2D eigenvalue weighted by molar-refractivity contribution is -0.0202. The maximum Gasteiger partial charge on any atom is 0.217 e. The summed E-state index contributed by atoms with van der Waals surface area (Å²) in [7, 11) is 1.62. The minimum atomic E-state index is -0.793. The molecule has 0 fully saturated rings. The lowest BCUT2D eigenvalue weighted by Gasteiger charge is -2.38. The van der Waals surface area contributed by atoms with Gasteiger partial charge in [-0.05, 0) is 54.1 Å². The number of aromatic hydroxyl groups is 1. The maximum absolute atomic E-state index is 10.7. The van der Waals surface area contributed by atoms with Gasteiger partial charge in [-0.25, -0.2) is 5.01 Å². The molecule has 3 aromatic carbocycles. The summed E-state index contributed by atoms with van der Waals surface area (Å²) in [5, 5.41) is 18.7. The zero-order chi connectivity index (χ0) is 22.6. The molecule has 32 heavy (non-hydrogen) atoms. The molecule has 3 aromatic rings. The molecule has 5 rings (SSSR count). The molecule has 5 nitrogen and oxygen atoms in total. The van der Waals surface area contributed by atoms with E-state index in [-0.39, 0.29) is 16.8 Å². The fraction of sp³-hybridized carbons (Fsp3) is 0.174. The van der Waals surface area contributed by atoms with E-state index in [1.54, 1.807) is 24.3 Å². The summed E-state index contributed by atoms with van der Waals surface area (Å²) >= 11 is 25.2. The SMILES string of the molecule is COc1ccc(C2=NN3[C@@H](c4cc(Cl)cc(Cl)c4O)Oc4c(Cl)cc(Cl)cc4[C@@H]3C2)cc1. The number of hydrogen-bond acceptors (Lipinski definition) is 5. The van der Waals surface area contributed by atoms with Crippen LogP contribution in [0.3, 0.4) is 0 Å². The molecule has 0 amide bonds. The Morgan fingerprint density at radius 1 is 0.969 bits per heavy atom. The molecule has 0 spiro atoms. The molecular formula is C23H16Cl4N2O3. The standard InChI is InChI=1S/C23H16Cl4N2O3/c1-31-14-4-2-11(3-5-14)19-10-20-15-6-12(24)9-18(27)22(15)32-23(29(20)28-19)16-7-13(25)8-17(26)21(16)30/h2-9,20,23,30H,10H2,1H3/t20-,23+/m0/s1. The van der Waals surface area contributed by atoms with Gasteiger partial charge in [0.05, 0.1) is 34.5 Å². The van der Waals surface area contributed by atoms with E-state index in [1.807, 2.05) is 30.3 Å². The van der Waals surface area contributed by atoms with Crippen LogP contribution in [0.15, 0.2) is 53.6 Å². The third-order valence-corrected chi connectivity index (χ3v) is 6.56. The largest absolute Gasteiger partial charge is 0.506 e. The van der Waals surface area contributed by atoms with Crippen molar-refractivity contribution in [2.45, 2.75) is 18.7 Å². The second-order valence-electron chi connectivity index (χ2n) is 7.48. The molecule has 0 aromatic heterocycles. The minimum absolute atomic E-state index is 0.124. The Kier molecular flexibility index (Phi) is 5.54. The highest BCUT2D eigenvalue weighted by molar-refractivity contribution is 6.36. The molecule has 0 bridgehead atoms. The van der Waals surface area contributed by atoms with Crippen molar-refractivity contribution in [1.29, 1.82) is 0 Å². The van der Waals surface area contributed by atoms with Crippen LogP contribution < -0.4 is 9.47 Å². The maximum atomic E-state index is 10.7. The molecule has 164 valence electrons. The third-order valence-electron chi connectivity index (χ3n) is 5.56. The van der Waals surface area contributed by atoms with Crippen LogP contribution in [0.5, 0.6) is 17.2 Å². The van der Waals surface area contributed by atoms with Crippen LogP contribution >= 0.6 is 46.4 Å². The van der Waals surface area contributed by atoms with Crippen molar-refractivity contribution >= 4 is 52.1 Å². The molecule has 1 N–H and O–H groups in total. The van der Waals surface area contributed by atoms with Crippen molar-refractivity contribution in [2.24, 2.45) is 5.10 Å². The van der Waals surface area contributed by atoms with Crippen molar-refractivity contribution in [3.8, 4) is 17.2 Å². The Balaban J connectivity index is 1.65. The average Bonchev–Trinajstić information content (AvgIpc) is 3.22. The van der Waals surface area contributed by atoms with E-state index in [1.165, 1.54) is 6.07 Å². The predicted octanol–water partition coefficient (Wildman–Crippen LogP) is 7.26. The van der Waals surface area contributed by atoms with E-state index in [9.17, 15) is 5.11 Å². The van der Waals surface area contributed by atoms with Crippen LogP contribution in [0.25, 0.3) is 0 Å². The monoisotopic (exact) mass is 508 g/mol. The van der Waals surface area contributed by atoms with E-state index >= 15 is 0 Å². The smallest absolute Gasteiger partial charge is 0.217 e. The lowest BCUT2D eigenvalue weighted by Crippen LogP contribution is -2.34. The number of methoxy groups -OCH3 is 1. The quantitative estimate of drug-likeness (QED) is 0.403. The van der Waals surface area contributed by atoms with Crippen LogP contribution in [0.1, 0.15) is 35.4 Å². The summed E-state index contributed by atoms with van der Waals surface area (Å²) in [6.07, 6.45) is -0.205. The zero-order valence-corrected chi connectivity index (χ0v) is 19.7. The van der Waals surface area contributed by atoms with Gasteiger partial charge in [0.15, 0.2) is 0 Å². The van der Waals surface area contributed by atoms with Gasteiger partial charge in [-0.3, -0.25) is 0 Å². The highest BCUT2D eigenvalue weighted by Crippen LogP contribution is 2.52. The van der Waals surface area contributed by atoms with Gasteiger partial charge in [0.25, 0.3) is 0 Å². The Hall–Kier alpha value is -2.31. The normalized spacial score (nSPS) is 19.2. The number of phenols is 1. The Bertz CT molecular complexity index is 1250. The van der Waals surface area contributed by atoms with Gasteiger partial charge in [0, 0.05) is 22.0 Å². The van der Waals surface area contributed by atoms with Crippen molar-refractivity contribution in [3.05, 3.63) is 85.3 Å². The Labute approximate surface area is 204 Å². The minimum Gasteiger partial charge on any atom is -0.506 e. The van der Waals surface area contributed by atoms with Gasteiger partial charge in [0.2, 0.25) is 6.23 Å². The summed E-state index contributed by atoms with van der Waals surface area (Å²) in [5.41, 5.74) is 3.01. The number of benzene rings is 3. The zero-order valence-electron chi connectivity index (χ0n) is 16.7. The number of rotatable bonds is 3. The first-order valence-electron chi connectivity index (χ1n) is 9.69. The topological polar surface area (TPSA) is 54.3 Å². The van der Waals surface area contributed by atoms with E-state index in [2.05, 4.69) is 0 Å². The lowest BCUT2D eigenvalue weighted by atomic mass is 9.95. The molecule has 0 radical (unpaired) electrons. The van der Waals surface area contributed by atoms with Crippen LogP contribution in [-0.2, 0) is 0 Å². The van der Waals surface area contributed by atoms with Crippen molar-refractivity contribution in [3.63, 3.8) is 0 Å². The van der Waals surface area contributed by atoms with Gasteiger partial charge in [0.1, 0.15) is 17.2 Å². The van der Waals surface area contributed by atoms with Gasteiger partial charge >= 0.3 is 0 Å². The first-order chi connectivity index (χ1) is 15.4. The number of halogens is 4. The molecule has 2 aliphatic rings. The molecule has 9 heteroatoms. The molecular weight excluding hydrogens is 494 g/mol. The number of hydrogen-bond donors (Lipinski definition) is 1. The van der Waals surface area contributed by atoms with Crippen LogP contribution in [0.4, 0.5) is 0 Å². The summed E-state index contributed by atoms with van der Waals surface area (Å²) in [5.74, 6) is 1.12. The molecule has 0 saturated carbocycles. The van der Waals surface area contributed by atoms with Crippen LogP contribution in [-0.4, -0.2) is 22.9 Å². The Morgan fingerprint density at radius 2 is 1.62 bits per heavy atom. The van der Waals surface area contributed by atoms with Gasteiger partial charge in [-0.2, -0.15) is 5.10 Å².